The molecule has 0 saturated carbocycles. The molecular weight excluding hydrogens is 412 g/mol. The highest BCUT2D eigenvalue weighted by molar-refractivity contribution is 6.31. The Morgan fingerprint density at radius 1 is 1.03 bits per heavy atom. The molecule has 0 saturated heterocycles. The third-order valence-electron chi connectivity index (χ3n) is 5.28. The molecule has 2 heterocycles. The van der Waals surface area contributed by atoms with E-state index >= 15 is 0 Å². The van der Waals surface area contributed by atoms with E-state index in [4.69, 9.17) is 16.1 Å². The summed E-state index contributed by atoms with van der Waals surface area (Å²) in [5.74, 6) is 0.356. The van der Waals surface area contributed by atoms with E-state index in [1.807, 2.05) is 74.5 Å². The van der Waals surface area contributed by atoms with E-state index in [1.165, 1.54) is 0 Å². The van der Waals surface area contributed by atoms with Gasteiger partial charge in [0, 0.05) is 11.3 Å². The van der Waals surface area contributed by atoms with Crippen LogP contribution >= 0.6 is 11.6 Å². The second-order valence-corrected chi connectivity index (χ2v) is 7.80. The molecule has 0 fully saturated rings. The molecule has 2 aromatic heterocycles. The van der Waals surface area contributed by atoms with E-state index in [1.54, 1.807) is 16.5 Å². The van der Waals surface area contributed by atoms with Gasteiger partial charge in [0.15, 0.2) is 5.69 Å². The number of carbonyl (C=O) groups is 1. The van der Waals surface area contributed by atoms with Crippen molar-refractivity contribution in [3.63, 3.8) is 0 Å². The molecule has 31 heavy (non-hydrogen) atoms. The average molecular weight is 435 g/mol. The first-order valence-electron chi connectivity index (χ1n) is 10.0. The van der Waals surface area contributed by atoms with E-state index in [-0.39, 0.29) is 11.6 Å². The molecule has 4 rings (SSSR count). The van der Waals surface area contributed by atoms with Crippen LogP contribution in [-0.4, -0.2) is 20.8 Å². The van der Waals surface area contributed by atoms with Crippen molar-refractivity contribution < 1.29 is 9.32 Å². The van der Waals surface area contributed by atoms with Crippen molar-refractivity contribution in [2.75, 3.05) is 4.90 Å². The molecule has 1 amide bonds. The maximum atomic E-state index is 13.7. The number of rotatable bonds is 6. The molecule has 0 aliphatic carbocycles. The van der Waals surface area contributed by atoms with E-state index in [0.29, 0.717) is 29.4 Å². The maximum absolute atomic E-state index is 13.7. The van der Waals surface area contributed by atoms with Crippen LogP contribution in [0.25, 0.3) is 0 Å². The predicted octanol–water partition coefficient (Wildman–Crippen LogP) is 5.35. The molecule has 7 heteroatoms. The van der Waals surface area contributed by atoms with Gasteiger partial charge in [0.2, 0.25) is 0 Å². The molecule has 0 bridgehead atoms. The second-order valence-electron chi connectivity index (χ2n) is 7.42. The molecule has 0 aliphatic heterocycles. The van der Waals surface area contributed by atoms with Crippen molar-refractivity contribution in [1.82, 2.24) is 14.9 Å². The minimum Gasteiger partial charge on any atom is -0.361 e. The standard InChI is InChI=1S/C24H23ClN4O2/c1-16-22(25)17(2)29(26-16)15-21-18(3)31-27-23(21)24(30)28(20-12-8-5-9-13-20)14-19-10-6-4-7-11-19/h4-13H,14-15H2,1-3H3. The molecule has 4 aromatic rings. The Labute approximate surface area is 186 Å². The van der Waals surface area contributed by atoms with Gasteiger partial charge in [-0.1, -0.05) is 65.3 Å². The fourth-order valence-electron chi connectivity index (χ4n) is 3.51. The minimum atomic E-state index is -0.227. The zero-order chi connectivity index (χ0) is 22.0. The Hall–Kier alpha value is -3.38. The number of halogens is 1. The fourth-order valence-corrected chi connectivity index (χ4v) is 3.64. The lowest BCUT2D eigenvalue weighted by Gasteiger charge is -2.22. The number of nitrogens with zero attached hydrogens (tertiary/aromatic N) is 4. The molecule has 0 radical (unpaired) electrons. The van der Waals surface area contributed by atoms with Crippen molar-refractivity contribution in [2.45, 2.75) is 33.9 Å². The Morgan fingerprint density at radius 3 is 2.29 bits per heavy atom. The van der Waals surface area contributed by atoms with E-state index in [9.17, 15) is 4.79 Å². The molecule has 158 valence electrons. The lowest BCUT2D eigenvalue weighted by Crippen LogP contribution is -2.31. The van der Waals surface area contributed by atoms with Crippen LogP contribution in [0.4, 0.5) is 5.69 Å². The van der Waals surface area contributed by atoms with Crippen LogP contribution in [0, 0.1) is 20.8 Å². The maximum Gasteiger partial charge on any atom is 0.281 e. The minimum absolute atomic E-state index is 0.227. The number of aryl methyl sites for hydroxylation is 2. The van der Waals surface area contributed by atoms with Gasteiger partial charge in [-0.2, -0.15) is 5.10 Å². The SMILES string of the molecule is Cc1nn(Cc2c(C(=O)N(Cc3ccccc3)c3ccccc3)noc2C)c(C)c1Cl. The van der Waals surface area contributed by atoms with Crippen LogP contribution in [0.15, 0.2) is 65.2 Å². The van der Waals surface area contributed by atoms with Crippen LogP contribution in [0.1, 0.15) is 38.8 Å². The zero-order valence-electron chi connectivity index (χ0n) is 17.7. The lowest BCUT2D eigenvalue weighted by molar-refractivity contribution is 0.0975. The predicted molar refractivity (Wildman–Crippen MR) is 120 cm³/mol. The summed E-state index contributed by atoms with van der Waals surface area (Å²) in [5, 5.41) is 9.23. The highest BCUT2D eigenvalue weighted by Crippen LogP contribution is 2.25. The summed E-state index contributed by atoms with van der Waals surface area (Å²) in [5.41, 5.74) is 4.37. The normalized spacial score (nSPS) is 11.0. The molecule has 2 aromatic carbocycles. The smallest absolute Gasteiger partial charge is 0.281 e. The Morgan fingerprint density at radius 2 is 1.68 bits per heavy atom. The first-order valence-corrected chi connectivity index (χ1v) is 10.4. The van der Waals surface area contributed by atoms with Gasteiger partial charge in [-0.3, -0.25) is 9.48 Å². The Balaban J connectivity index is 1.71. The summed E-state index contributed by atoms with van der Waals surface area (Å²) in [4.78, 5) is 15.4. The highest BCUT2D eigenvalue weighted by atomic mass is 35.5. The van der Waals surface area contributed by atoms with E-state index < -0.39 is 0 Å². The van der Waals surface area contributed by atoms with Gasteiger partial charge in [0.25, 0.3) is 5.91 Å². The first-order chi connectivity index (χ1) is 15.0. The number of carbonyl (C=O) groups excluding carboxylic acids is 1. The second kappa shape index (κ2) is 8.78. The summed E-state index contributed by atoms with van der Waals surface area (Å²) >= 11 is 6.30. The van der Waals surface area contributed by atoms with Gasteiger partial charge in [0.05, 0.1) is 29.5 Å². The van der Waals surface area contributed by atoms with Crippen LogP contribution in [0.5, 0.6) is 0 Å². The van der Waals surface area contributed by atoms with Crippen molar-refractivity contribution in [3.05, 3.63) is 99.7 Å². The molecule has 6 nitrogen and oxygen atoms in total. The summed E-state index contributed by atoms with van der Waals surface area (Å²) in [6.45, 7) is 6.33. The number of benzene rings is 2. The van der Waals surface area contributed by atoms with Crippen LogP contribution < -0.4 is 4.90 Å². The molecule has 0 N–H and O–H groups in total. The number of para-hydroxylation sites is 1. The Bertz CT molecular complexity index is 1200. The van der Waals surface area contributed by atoms with Crippen LogP contribution in [-0.2, 0) is 13.1 Å². The number of anilines is 1. The lowest BCUT2D eigenvalue weighted by atomic mass is 10.1. The van der Waals surface area contributed by atoms with Crippen molar-refractivity contribution >= 4 is 23.2 Å². The first kappa shape index (κ1) is 20.9. The topological polar surface area (TPSA) is 64.2 Å². The third kappa shape index (κ3) is 4.25. The zero-order valence-corrected chi connectivity index (χ0v) is 18.4. The molecular formula is C24H23ClN4O2. The third-order valence-corrected chi connectivity index (χ3v) is 5.83. The van der Waals surface area contributed by atoms with Crippen LogP contribution in [0.2, 0.25) is 5.02 Å². The monoisotopic (exact) mass is 434 g/mol. The summed E-state index contributed by atoms with van der Waals surface area (Å²) in [6.07, 6.45) is 0. The quantitative estimate of drug-likeness (QED) is 0.410. The fraction of sp³-hybridized carbons (Fsp3) is 0.208. The molecule has 0 unspecified atom stereocenters. The summed E-state index contributed by atoms with van der Waals surface area (Å²) in [6, 6.07) is 19.4. The molecule has 0 atom stereocenters. The van der Waals surface area contributed by atoms with Gasteiger partial charge in [-0.25, -0.2) is 0 Å². The molecule has 0 spiro atoms. The van der Waals surface area contributed by atoms with Gasteiger partial charge in [-0.05, 0) is 38.5 Å². The van der Waals surface area contributed by atoms with Crippen molar-refractivity contribution in [2.24, 2.45) is 0 Å². The van der Waals surface area contributed by atoms with E-state index in [2.05, 4.69) is 10.3 Å². The molecule has 0 aliphatic rings. The van der Waals surface area contributed by atoms with Crippen molar-refractivity contribution in [3.8, 4) is 0 Å². The Kier molecular flexibility index (Phi) is 5.91. The van der Waals surface area contributed by atoms with E-state index in [0.717, 1.165) is 22.6 Å². The highest BCUT2D eigenvalue weighted by Gasteiger charge is 2.27. The average Bonchev–Trinajstić information content (AvgIpc) is 3.27. The largest absolute Gasteiger partial charge is 0.361 e. The number of hydrogen-bond donors (Lipinski definition) is 0. The van der Waals surface area contributed by atoms with Gasteiger partial charge in [0.1, 0.15) is 5.76 Å². The van der Waals surface area contributed by atoms with Gasteiger partial charge < -0.3 is 9.42 Å². The number of aromatic nitrogens is 3. The number of amides is 1. The number of hydrogen-bond acceptors (Lipinski definition) is 4. The summed E-state index contributed by atoms with van der Waals surface area (Å²) < 4.78 is 7.21. The van der Waals surface area contributed by atoms with Gasteiger partial charge >= 0.3 is 0 Å². The van der Waals surface area contributed by atoms with Crippen LogP contribution in [0.3, 0.4) is 0 Å². The summed E-state index contributed by atoms with van der Waals surface area (Å²) in [7, 11) is 0. The van der Waals surface area contributed by atoms with Crippen molar-refractivity contribution in [1.29, 1.82) is 0 Å². The van der Waals surface area contributed by atoms with Gasteiger partial charge in [-0.15, -0.1) is 0 Å².